The molecular formula is C11H23NO4S. The first-order chi connectivity index (χ1) is 8.10. The topological polar surface area (TPSA) is 55.8 Å². The third-order valence-electron chi connectivity index (χ3n) is 3.12. The van der Waals surface area contributed by atoms with Gasteiger partial charge in [0, 0.05) is 26.8 Å². The third kappa shape index (κ3) is 4.91. The Hall–Kier alpha value is -0.170. The SMILES string of the molecule is CCS(=O)(=O)N1CCC(COCCOC)CC1. The average Bonchev–Trinajstić information content (AvgIpc) is 2.35. The van der Waals surface area contributed by atoms with E-state index >= 15 is 0 Å². The van der Waals surface area contributed by atoms with Gasteiger partial charge in [-0.3, -0.25) is 0 Å². The summed E-state index contributed by atoms with van der Waals surface area (Å²) in [6.07, 6.45) is 1.79. The molecule has 0 aromatic carbocycles. The molecule has 0 aliphatic carbocycles. The third-order valence-corrected chi connectivity index (χ3v) is 5.00. The lowest BCUT2D eigenvalue weighted by atomic mass is 9.99. The Morgan fingerprint density at radius 3 is 2.41 bits per heavy atom. The number of hydrogen-bond acceptors (Lipinski definition) is 4. The minimum Gasteiger partial charge on any atom is -0.382 e. The van der Waals surface area contributed by atoms with Crippen LogP contribution in [0.2, 0.25) is 0 Å². The van der Waals surface area contributed by atoms with E-state index in [1.54, 1.807) is 18.3 Å². The molecular weight excluding hydrogens is 242 g/mol. The zero-order valence-electron chi connectivity index (χ0n) is 10.7. The van der Waals surface area contributed by atoms with E-state index in [0.29, 0.717) is 38.8 Å². The van der Waals surface area contributed by atoms with Crippen LogP contribution in [0.1, 0.15) is 19.8 Å². The summed E-state index contributed by atoms with van der Waals surface area (Å²) in [5.41, 5.74) is 0. The number of methoxy groups -OCH3 is 1. The first-order valence-corrected chi connectivity index (χ1v) is 7.75. The van der Waals surface area contributed by atoms with Crippen molar-refractivity contribution >= 4 is 10.0 Å². The molecule has 0 amide bonds. The molecule has 17 heavy (non-hydrogen) atoms. The zero-order valence-corrected chi connectivity index (χ0v) is 11.5. The molecule has 0 unspecified atom stereocenters. The summed E-state index contributed by atoms with van der Waals surface area (Å²) in [4.78, 5) is 0. The lowest BCUT2D eigenvalue weighted by molar-refractivity contribution is 0.0410. The van der Waals surface area contributed by atoms with E-state index < -0.39 is 10.0 Å². The normalized spacial score (nSPS) is 19.6. The van der Waals surface area contributed by atoms with Gasteiger partial charge in [0.25, 0.3) is 0 Å². The molecule has 1 rings (SSSR count). The molecule has 5 nitrogen and oxygen atoms in total. The minimum absolute atomic E-state index is 0.196. The van der Waals surface area contributed by atoms with E-state index in [-0.39, 0.29) is 5.75 Å². The molecule has 1 heterocycles. The van der Waals surface area contributed by atoms with Crippen LogP contribution in [0.3, 0.4) is 0 Å². The Labute approximate surface area is 104 Å². The van der Waals surface area contributed by atoms with Gasteiger partial charge in [0.1, 0.15) is 0 Å². The second-order valence-corrected chi connectivity index (χ2v) is 6.57. The van der Waals surface area contributed by atoms with Gasteiger partial charge in [-0.2, -0.15) is 0 Å². The average molecular weight is 265 g/mol. The van der Waals surface area contributed by atoms with E-state index in [9.17, 15) is 8.42 Å². The summed E-state index contributed by atoms with van der Waals surface area (Å²) in [5, 5.41) is 0. The van der Waals surface area contributed by atoms with Gasteiger partial charge in [-0.05, 0) is 25.7 Å². The van der Waals surface area contributed by atoms with Gasteiger partial charge in [-0.15, -0.1) is 0 Å². The van der Waals surface area contributed by atoms with Gasteiger partial charge in [0.2, 0.25) is 10.0 Å². The Morgan fingerprint density at radius 2 is 1.88 bits per heavy atom. The summed E-state index contributed by atoms with van der Waals surface area (Å²) in [6.45, 7) is 4.90. The second-order valence-electron chi connectivity index (χ2n) is 4.31. The summed E-state index contributed by atoms with van der Waals surface area (Å²) in [7, 11) is -1.35. The van der Waals surface area contributed by atoms with E-state index in [4.69, 9.17) is 9.47 Å². The van der Waals surface area contributed by atoms with Crippen LogP contribution in [0.15, 0.2) is 0 Å². The van der Waals surface area contributed by atoms with Gasteiger partial charge in [-0.25, -0.2) is 12.7 Å². The fraction of sp³-hybridized carbons (Fsp3) is 1.00. The molecule has 0 spiro atoms. The second kappa shape index (κ2) is 7.31. The highest BCUT2D eigenvalue weighted by molar-refractivity contribution is 7.89. The molecule has 1 fully saturated rings. The molecule has 0 atom stereocenters. The van der Waals surface area contributed by atoms with Crippen LogP contribution in [-0.2, 0) is 19.5 Å². The van der Waals surface area contributed by atoms with Crippen molar-refractivity contribution in [3.8, 4) is 0 Å². The molecule has 1 aliphatic rings. The highest BCUT2D eigenvalue weighted by atomic mass is 32.2. The molecule has 6 heteroatoms. The maximum absolute atomic E-state index is 11.6. The number of nitrogens with zero attached hydrogens (tertiary/aromatic N) is 1. The van der Waals surface area contributed by atoms with Gasteiger partial charge < -0.3 is 9.47 Å². The highest BCUT2D eigenvalue weighted by Gasteiger charge is 2.26. The van der Waals surface area contributed by atoms with Crippen LogP contribution in [0.25, 0.3) is 0 Å². The van der Waals surface area contributed by atoms with Crippen LogP contribution in [0, 0.1) is 5.92 Å². The molecule has 102 valence electrons. The van der Waals surface area contributed by atoms with E-state index in [2.05, 4.69) is 0 Å². The lowest BCUT2D eigenvalue weighted by Crippen LogP contribution is -2.40. The standard InChI is InChI=1S/C11H23NO4S/c1-3-17(13,14)12-6-4-11(5-7-12)10-16-9-8-15-2/h11H,3-10H2,1-2H3. The van der Waals surface area contributed by atoms with Gasteiger partial charge in [0.05, 0.1) is 19.0 Å². The number of rotatable bonds is 7. The Balaban J connectivity index is 2.22. The Morgan fingerprint density at radius 1 is 1.24 bits per heavy atom. The van der Waals surface area contributed by atoms with Gasteiger partial charge in [0.15, 0.2) is 0 Å². The van der Waals surface area contributed by atoms with Crippen molar-refractivity contribution < 1.29 is 17.9 Å². The first kappa shape index (κ1) is 14.9. The lowest BCUT2D eigenvalue weighted by Gasteiger charge is -2.30. The van der Waals surface area contributed by atoms with Crippen molar-refractivity contribution in [2.45, 2.75) is 19.8 Å². The van der Waals surface area contributed by atoms with Crippen molar-refractivity contribution in [3.63, 3.8) is 0 Å². The summed E-state index contributed by atoms with van der Waals surface area (Å²) < 4.78 is 35.2. The Kier molecular flexibility index (Phi) is 6.40. The molecule has 0 N–H and O–H groups in total. The predicted molar refractivity (Wildman–Crippen MR) is 66.5 cm³/mol. The Bertz CT molecular complexity index is 297. The van der Waals surface area contributed by atoms with E-state index in [0.717, 1.165) is 12.8 Å². The van der Waals surface area contributed by atoms with Crippen LogP contribution in [-0.4, -0.2) is 58.5 Å². The summed E-state index contributed by atoms with van der Waals surface area (Å²) in [6, 6.07) is 0. The van der Waals surface area contributed by atoms with Crippen LogP contribution in [0.4, 0.5) is 0 Å². The highest BCUT2D eigenvalue weighted by Crippen LogP contribution is 2.19. The van der Waals surface area contributed by atoms with Crippen LogP contribution < -0.4 is 0 Å². The van der Waals surface area contributed by atoms with E-state index in [1.165, 1.54) is 0 Å². The molecule has 0 bridgehead atoms. The van der Waals surface area contributed by atoms with Gasteiger partial charge in [-0.1, -0.05) is 0 Å². The summed E-state index contributed by atoms with van der Waals surface area (Å²) in [5.74, 6) is 0.678. The number of sulfonamides is 1. The number of hydrogen-bond donors (Lipinski definition) is 0. The predicted octanol–water partition coefficient (Wildman–Crippen LogP) is 0.711. The molecule has 1 saturated heterocycles. The van der Waals surface area contributed by atoms with E-state index in [1.807, 2.05) is 0 Å². The smallest absolute Gasteiger partial charge is 0.213 e. The van der Waals surface area contributed by atoms with Crippen molar-refractivity contribution in [1.82, 2.24) is 4.31 Å². The minimum atomic E-state index is -3.00. The fourth-order valence-corrected chi connectivity index (χ4v) is 3.06. The number of piperidine rings is 1. The zero-order chi connectivity index (χ0) is 12.7. The first-order valence-electron chi connectivity index (χ1n) is 6.14. The maximum Gasteiger partial charge on any atom is 0.213 e. The van der Waals surface area contributed by atoms with Crippen molar-refractivity contribution in [1.29, 1.82) is 0 Å². The fourth-order valence-electron chi connectivity index (χ4n) is 1.93. The van der Waals surface area contributed by atoms with Gasteiger partial charge >= 0.3 is 0 Å². The molecule has 0 aromatic rings. The molecule has 1 aliphatic heterocycles. The van der Waals surface area contributed by atoms with Crippen molar-refractivity contribution in [2.75, 3.05) is 45.8 Å². The molecule has 0 aromatic heterocycles. The van der Waals surface area contributed by atoms with Crippen molar-refractivity contribution in [3.05, 3.63) is 0 Å². The number of ether oxygens (including phenoxy) is 2. The largest absolute Gasteiger partial charge is 0.382 e. The van der Waals surface area contributed by atoms with Crippen molar-refractivity contribution in [2.24, 2.45) is 5.92 Å². The quantitative estimate of drug-likeness (QED) is 0.636. The monoisotopic (exact) mass is 265 g/mol. The van der Waals surface area contributed by atoms with Crippen LogP contribution >= 0.6 is 0 Å². The summed E-state index contributed by atoms with van der Waals surface area (Å²) >= 11 is 0. The maximum atomic E-state index is 11.6. The van der Waals surface area contributed by atoms with Crippen LogP contribution in [0.5, 0.6) is 0 Å². The molecule has 0 saturated carbocycles. The molecule has 0 radical (unpaired) electrons.